The first kappa shape index (κ1) is 19.2. The minimum absolute atomic E-state index is 0.00885. The highest BCUT2D eigenvalue weighted by Gasteiger charge is 2.26. The van der Waals surface area contributed by atoms with E-state index in [0.717, 1.165) is 17.5 Å². The Morgan fingerprint density at radius 3 is 2.71 bits per heavy atom. The molecule has 0 atom stereocenters. The van der Waals surface area contributed by atoms with Crippen LogP contribution in [0, 0.1) is 0 Å². The summed E-state index contributed by atoms with van der Waals surface area (Å²) in [5, 5.41) is 8.80. The van der Waals surface area contributed by atoms with Gasteiger partial charge in [0.2, 0.25) is 9.84 Å². The summed E-state index contributed by atoms with van der Waals surface area (Å²) >= 11 is 11.2. The van der Waals surface area contributed by atoms with E-state index >= 15 is 0 Å². The molecule has 0 radical (unpaired) electrons. The van der Waals surface area contributed by atoms with Gasteiger partial charge in [-0.05, 0) is 34.3 Å². The van der Waals surface area contributed by atoms with E-state index in [1.165, 1.54) is 23.9 Å². The first-order valence-electron chi connectivity index (χ1n) is 5.98. The molecule has 0 saturated heterocycles. The second-order valence-electron chi connectivity index (χ2n) is 4.19. The monoisotopic (exact) mass is 469 g/mol. The van der Waals surface area contributed by atoms with Gasteiger partial charge >= 0.3 is 6.09 Å². The molecule has 24 heavy (non-hydrogen) atoms. The maximum atomic E-state index is 12.8. The summed E-state index contributed by atoms with van der Waals surface area (Å²) in [6.45, 7) is 0. The lowest BCUT2D eigenvalue weighted by molar-refractivity contribution is 0.205. The van der Waals surface area contributed by atoms with Gasteiger partial charge in [0.15, 0.2) is 0 Å². The van der Waals surface area contributed by atoms with E-state index < -0.39 is 15.9 Å². The second-order valence-corrected chi connectivity index (χ2v) is 9.45. The Hall–Kier alpha value is -1.14. The van der Waals surface area contributed by atoms with Crippen molar-refractivity contribution in [1.29, 1.82) is 0 Å². The van der Waals surface area contributed by atoms with E-state index in [1.54, 1.807) is 6.26 Å². The third-order valence-corrected chi connectivity index (χ3v) is 8.12. The van der Waals surface area contributed by atoms with Gasteiger partial charge < -0.3 is 10.8 Å². The highest BCUT2D eigenvalue weighted by Crippen LogP contribution is 2.37. The van der Waals surface area contributed by atoms with Crippen molar-refractivity contribution >= 4 is 72.4 Å². The Morgan fingerprint density at radius 2 is 2.17 bits per heavy atom. The number of halogens is 2. The third kappa shape index (κ3) is 3.91. The number of thioether (sulfide) groups is 1. The van der Waals surface area contributed by atoms with Gasteiger partial charge in [0.05, 0.1) is 23.4 Å². The number of aromatic nitrogens is 1. The summed E-state index contributed by atoms with van der Waals surface area (Å²) in [5.74, 6) is -0.264. The van der Waals surface area contributed by atoms with Gasteiger partial charge in [-0.15, -0.1) is 23.1 Å². The molecule has 0 saturated carbocycles. The van der Waals surface area contributed by atoms with Crippen molar-refractivity contribution in [2.24, 2.45) is 10.7 Å². The van der Waals surface area contributed by atoms with Crippen LogP contribution in [0.5, 0.6) is 0 Å². The minimum atomic E-state index is -3.88. The molecule has 0 aromatic carbocycles. The van der Waals surface area contributed by atoms with E-state index in [2.05, 4.69) is 25.9 Å². The first-order chi connectivity index (χ1) is 11.2. The molecule has 12 heteroatoms. The Kier molecular flexibility index (Phi) is 5.91. The molecule has 0 bridgehead atoms. The van der Waals surface area contributed by atoms with Crippen LogP contribution in [-0.4, -0.2) is 36.7 Å². The van der Waals surface area contributed by atoms with E-state index in [4.69, 9.17) is 22.4 Å². The normalized spacial score (nSPS) is 12.4. The summed E-state index contributed by atoms with van der Waals surface area (Å²) in [5.41, 5.74) is 5.60. The third-order valence-electron chi connectivity index (χ3n) is 2.69. The fraction of sp³-hybridized carbons (Fsp3) is 0.0833. The zero-order valence-corrected chi connectivity index (χ0v) is 16.6. The largest absolute Gasteiger partial charge is 0.463 e. The van der Waals surface area contributed by atoms with Crippen molar-refractivity contribution in [1.82, 2.24) is 4.98 Å². The predicted molar refractivity (Wildman–Crippen MR) is 97.2 cm³/mol. The van der Waals surface area contributed by atoms with Crippen LogP contribution in [0.3, 0.4) is 0 Å². The number of rotatable bonds is 4. The van der Waals surface area contributed by atoms with Crippen LogP contribution in [0.4, 0.5) is 4.79 Å². The fourth-order valence-corrected chi connectivity index (χ4v) is 6.12. The molecule has 2 rings (SSSR count). The van der Waals surface area contributed by atoms with Crippen molar-refractivity contribution in [2.45, 2.75) is 14.0 Å². The van der Waals surface area contributed by atoms with Crippen molar-refractivity contribution in [3.63, 3.8) is 0 Å². The Bertz CT molecular complexity index is 943. The number of carbonyl (C=O) groups is 1. The summed E-state index contributed by atoms with van der Waals surface area (Å²) < 4.78 is 26.5. The summed E-state index contributed by atoms with van der Waals surface area (Å²) in [6.07, 6.45) is 1.40. The SMILES string of the molecule is CSc1sc(/C(N)=N\C(=O)O)cc1S(=O)(=O)c1cnc(Cl)c(Br)c1. The standard InChI is InChI=1S/C12H9BrClN3O4S3/c1-22-11-8(3-7(23-11)10(15)17-12(18)19)24(20,21)5-2-6(13)9(14)16-4-5/h2-4H,1H3,(H2,15,17)(H,18,19). The topological polar surface area (TPSA) is 123 Å². The molecule has 2 aromatic rings. The number of nitrogens with two attached hydrogens (primary N) is 1. The van der Waals surface area contributed by atoms with E-state index in [0.29, 0.717) is 8.68 Å². The average molecular weight is 471 g/mol. The van der Waals surface area contributed by atoms with Crippen molar-refractivity contribution in [2.75, 3.05) is 6.26 Å². The molecule has 0 aliphatic heterocycles. The van der Waals surface area contributed by atoms with E-state index in [9.17, 15) is 13.2 Å². The number of hydrogen-bond acceptors (Lipinski definition) is 6. The van der Waals surface area contributed by atoms with Gasteiger partial charge in [0.1, 0.15) is 11.0 Å². The van der Waals surface area contributed by atoms with Crippen molar-refractivity contribution in [3.8, 4) is 0 Å². The number of amides is 1. The summed E-state index contributed by atoms with van der Waals surface area (Å²) in [4.78, 5) is 17.8. The molecule has 2 aromatic heterocycles. The molecule has 2 heterocycles. The highest BCUT2D eigenvalue weighted by atomic mass is 79.9. The van der Waals surface area contributed by atoms with Gasteiger partial charge in [0, 0.05) is 6.20 Å². The lowest BCUT2D eigenvalue weighted by atomic mass is 10.4. The van der Waals surface area contributed by atoms with Crippen LogP contribution in [0.25, 0.3) is 0 Å². The molecule has 7 nitrogen and oxygen atoms in total. The van der Waals surface area contributed by atoms with E-state index in [-0.39, 0.29) is 25.7 Å². The maximum absolute atomic E-state index is 12.8. The molecule has 0 unspecified atom stereocenters. The van der Waals surface area contributed by atoms with Gasteiger partial charge in [-0.2, -0.15) is 4.99 Å². The van der Waals surface area contributed by atoms with Crippen LogP contribution < -0.4 is 5.73 Å². The number of carboxylic acid groups (broad SMARTS) is 1. The zero-order chi connectivity index (χ0) is 18.1. The number of hydrogen-bond donors (Lipinski definition) is 2. The van der Waals surface area contributed by atoms with Crippen LogP contribution in [0.15, 0.2) is 41.8 Å². The Labute approximate surface area is 159 Å². The first-order valence-corrected chi connectivity index (χ1v) is 10.7. The summed E-state index contributed by atoms with van der Waals surface area (Å²) in [6, 6.07) is 2.65. The van der Waals surface area contributed by atoms with Gasteiger partial charge in [-0.3, -0.25) is 0 Å². The van der Waals surface area contributed by atoms with Crippen molar-refractivity contribution < 1.29 is 18.3 Å². The molecule has 128 valence electrons. The lowest BCUT2D eigenvalue weighted by Crippen LogP contribution is -2.13. The Morgan fingerprint density at radius 1 is 1.50 bits per heavy atom. The molecule has 3 N–H and O–H groups in total. The molecule has 0 fully saturated rings. The number of nitrogens with zero attached hydrogens (tertiary/aromatic N) is 2. The molecular weight excluding hydrogens is 462 g/mol. The summed E-state index contributed by atoms with van der Waals surface area (Å²) in [7, 11) is -3.88. The molecular formula is C12H9BrClN3O4S3. The van der Waals surface area contributed by atoms with Crippen LogP contribution in [0.2, 0.25) is 5.15 Å². The number of sulfone groups is 1. The highest BCUT2D eigenvalue weighted by molar-refractivity contribution is 9.10. The minimum Gasteiger partial charge on any atom is -0.463 e. The lowest BCUT2D eigenvalue weighted by Gasteiger charge is -2.05. The quantitative estimate of drug-likeness (QED) is 0.303. The van der Waals surface area contributed by atoms with Crippen LogP contribution >= 0.6 is 50.6 Å². The zero-order valence-electron chi connectivity index (χ0n) is 11.9. The molecule has 1 amide bonds. The number of thiophene rings is 1. The molecule has 0 aliphatic carbocycles. The second kappa shape index (κ2) is 7.40. The smallest absolute Gasteiger partial charge is 0.433 e. The molecule has 0 aliphatic rings. The van der Waals surface area contributed by atoms with Gasteiger partial charge in [0.25, 0.3) is 0 Å². The van der Waals surface area contributed by atoms with Crippen LogP contribution in [-0.2, 0) is 9.84 Å². The fourth-order valence-electron chi connectivity index (χ4n) is 1.65. The van der Waals surface area contributed by atoms with E-state index in [1.807, 2.05) is 0 Å². The number of aliphatic imine (C=N–C) groups is 1. The van der Waals surface area contributed by atoms with Crippen LogP contribution in [0.1, 0.15) is 4.88 Å². The molecule has 0 spiro atoms. The number of pyridine rings is 1. The average Bonchev–Trinajstić information content (AvgIpc) is 2.94. The van der Waals surface area contributed by atoms with Crippen molar-refractivity contribution in [3.05, 3.63) is 32.8 Å². The number of amidine groups is 1. The maximum Gasteiger partial charge on any atom is 0.433 e. The van der Waals surface area contributed by atoms with Gasteiger partial charge in [-0.1, -0.05) is 11.6 Å². The van der Waals surface area contributed by atoms with Gasteiger partial charge in [-0.25, -0.2) is 18.2 Å². The Balaban J connectivity index is 2.60. The predicted octanol–water partition coefficient (Wildman–Crippen LogP) is 3.50.